The molecule has 0 atom stereocenters. The lowest BCUT2D eigenvalue weighted by molar-refractivity contribution is 0.422. The quantitative estimate of drug-likeness (QED) is 0.252. The van der Waals surface area contributed by atoms with Gasteiger partial charge in [0.15, 0.2) is 11.8 Å². The Kier molecular flexibility index (Phi) is 10.3. The topological polar surface area (TPSA) is 88.2 Å². The first-order chi connectivity index (χ1) is 14.3. The normalized spacial score (nSPS) is 11.1. The smallest absolute Gasteiger partial charge is 0.257 e. The number of aliphatic imine (C=N–C) groups is 1. The average Bonchev–Trinajstić information content (AvgIpc) is 3.22. The van der Waals surface area contributed by atoms with Gasteiger partial charge >= 0.3 is 0 Å². The lowest BCUT2D eigenvalue weighted by Gasteiger charge is -2.11. The van der Waals surface area contributed by atoms with Crippen LogP contribution in [-0.4, -0.2) is 34.2 Å². The van der Waals surface area contributed by atoms with Crippen LogP contribution in [0.25, 0.3) is 11.5 Å². The van der Waals surface area contributed by atoms with Crippen molar-refractivity contribution in [3.63, 3.8) is 0 Å². The van der Waals surface area contributed by atoms with Crippen LogP contribution in [0.2, 0.25) is 0 Å². The Morgan fingerprint density at radius 2 is 1.97 bits per heavy atom. The van der Waals surface area contributed by atoms with E-state index in [0.717, 1.165) is 61.0 Å². The van der Waals surface area contributed by atoms with E-state index in [1.165, 1.54) is 0 Å². The third kappa shape index (κ3) is 7.40. The van der Waals surface area contributed by atoms with Gasteiger partial charge in [-0.1, -0.05) is 30.3 Å². The summed E-state index contributed by atoms with van der Waals surface area (Å²) in [6, 6.07) is 14.0. The fraction of sp³-hybridized carbons (Fsp3) is 0.364. The Bertz CT molecular complexity index is 913. The molecule has 0 aliphatic rings. The standard InChI is InChI=1S/C22H28N6O.HI/c1-3-8-20-27-21(29-28-20)18-10-7-9-17(15-18)16-26-22(23-4-2)25-14-12-19-11-5-6-13-24-19;/h5-7,9-11,13,15H,3-4,8,12,14,16H2,1-2H3,(H2,23,25,26);1H. The molecule has 1 aromatic carbocycles. The molecule has 3 rings (SSSR count). The van der Waals surface area contributed by atoms with Crippen molar-refractivity contribution in [2.24, 2.45) is 4.99 Å². The molecule has 7 nitrogen and oxygen atoms in total. The highest BCUT2D eigenvalue weighted by atomic mass is 127. The molecule has 0 aliphatic carbocycles. The zero-order valence-electron chi connectivity index (χ0n) is 17.5. The maximum absolute atomic E-state index is 5.39. The van der Waals surface area contributed by atoms with Gasteiger partial charge in [-0.15, -0.1) is 24.0 Å². The fourth-order valence-corrected chi connectivity index (χ4v) is 2.87. The minimum absolute atomic E-state index is 0. The Morgan fingerprint density at radius 1 is 1.07 bits per heavy atom. The summed E-state index contributed by atoms with van der Waals surface area (Å²) in [4.78, 5) is 13.5. The summed E-state index contributed by atoms with van der Waals surface area (Å²) in [5, 5.41) is 10.7. The number of nitrogens with one attached hydrogen (secondary N) is 2. The minimum atomic E-state index is 0. The van der Waals surface area contributed by atoms with Crippen LogP contribution in [0.15, 0.2) is 58.2 Å². The van der Waals surface area contributed by atoms with Crippen molar-refractivity contribution in [1.29, 1.82) is 0 Å². The second-order valence-corrected chi connectivity index (χ2v) is 6.66. The number of aryl methyl sites for hydroxylation is 1. The van der Waals surface area contributed by atoms with Gasteiger partial charge in [0.25, 0.3) is 5.89 Å². The monoisotopic (exact) mass is 520 g/mol. The van der Waals surface area contributed by atoms with Crippen LogP contribution in [0, 0.1) is 0 Å². The summed E-state index contributed by atoms with van der Waals surface area (Å²) < 4.78 is 5.39. The fourth-order valence-electron chi connectivity index (χ4n) is 2.87. The van der Waals surface area contributed by atoms with E-state index in [0.29, 0.717) is 12.4 Å². The molecular formula is C22H29IN6O. The third-order valence-corrected chi connectivity index (χ3v) is 4.28. The first-order valence-corrected chi connectivity index (χ1v) is 10.1. The molecular weight excluding hydrogens is 491 g/mol. The van der Waals surface area contributed by atoms with Gasteiger partial charge < -0.3 is 15.2 Å². The molecule has 160 valence electrons. The minimum Gasteiger partial charge on any atom is -0.357 e. The SMILES string of the molecule is CCCc1noc(-c2cccc(CN=C(NCC)NCCc3ccccn3)c2)n1.I. The number of hydrogen-bond acceptors (Lipinski definition) is 5. The van der Waals surface area contributed by atoms with Crippen LogP contribution in [0.3, 0.4) is 0 Å². The summed E-state index contributed by atoms with van der Waals surface area (Å²) in [5.41, 5.74) is 3.06. The lowest BCUT2D eigenvalue weighted by Crippen LogP contribution is -2.38. The van der Waals surface area contributed by atoms with Crippen LogP contribution < -0.4 is 10.6 Å². The van der Waals surface area contributed by atoms with E-state index in [1.807, 2.05) is 48.7 Å². The number of hydrogen-bond donors (Lipinski definition) is 2. The van der Waals surface area contributed by atoms with Gasteiger partial charge in [0.1, 0.15) is 0 Å². The summed E-state index contributed by atoms with van der Waals surface area (Å²) in [5.74, 6) is 2.09. The van der Waals surface area contributed by atoms with Crippen molar-refractivity contribution in [1.82, 2.24) is 25.8 Å². The maximum atomic E-state index is 5.39. The average molecular weight is 520 g/mol. The van der Waals surface area contributed by atoms with Crippen molar-refractivity contribution in [2.45, 2.75) is 39.7 Å². The van der Waals surface area contributed by atoms with E-state index in [1.54, 1.807) is 0 Å². The Hall–Kier alpha value is -2.49. The molecule has 0 aliphatic heterocycles. The molecule has 0 saturated heterocycles. The highest BCUT2D eigenvalue weighted by Gasteiger charge is 2.09. The molecule has 8 heteroatoms. The highest BCUT2D eigenvalue weighted by molar-refractivity contribution is 14.0. The van der Waals surface area contributed by atoms with E-state index in [-0.39, 0.29) is 24.0 Å². The number of guanidine groups is 1. The molecule has 0 bridgehead atoms. The van der Waals surface area contributed by atoms with Crippen LogP contribution >= 0.6 is 24.0 Å². The molecule has 2 aromatic heterocycles. The van der Waals surface area contributed by atoms with Crippen molar-refractivity contribution < 1.29 is 4.52 Å². The van der Waals surface area contributed by atoms with Crippen LogP contribution in [0.1, 0.15) is 37.4 Å². The van der Waals surface area contributed by atoms with Gasteiger partial charge in [0.2, 0.25) is 0 Å². The Balaban J connectivity index is 0.00000320. The number of pyridine rings is 1. The molecule has 2 heterocycles. The van der Waals surface area contributed by atoms with E-state index in [4.69, 9.17) is 9.52 Å². The second-order valence-electron chi connectivity index (χ2n) is 6.66. The van der Waals surface area contributed by atoms with Crippen LogP contribution in [-0.2, 0) is 19.4 Å². The lowest BCUT2D eigenvalue weighted by atomic mass is 10.1. The second kappa shape index (κ2) is 12.9. The molecule has 0 amide bonds. The summed E-state index contributed by atoms with van der Waals surface area (Å²) in [6.45, 7) is 6.28. The number of aromatic nitrogens is 3. The molecule has 3 aromatic rings. The van der Waals surface area contributed by atoms with Gasteiger partial charge in [-0.25, -0.2) is 4.99 Å². The van der Waals surface area contributed by atoms with Gasteiger partial charge in [-0.3, -0.25) is 4.98 Å². The molecule has 0 unspecified atom stereocenters. The predicted molar refractivity (Wildman–Crippen MR) is 130 cm³/mol. The molecule has 2 N–H and O–H groups in total. The van der Waals surface area contributed by atoms with Crippen molar-refractivity contribution in [2.75, 3.05) is 13.1 Å². The first-order valence-electron chi connectivity index (χ1n) is 10.1. The van der Waals surface area contributed by atoms with Crippen molar-refractivity contribution >= 4 is 29.9 Å². The van der Waals surface area contributed by atoms with Crippen LogP contribution in [0.4, 0.5) is 0 Å². The Morgan fingerprint density at radius 3 is 2.73 bits per heavy atom. The molecule has 30 heavy (non-hydrogen) atoms. The zero-order chi connectivity index (χ0) is 20.3. The first kappa shape index (κ1) is 23.8. The van der Waals surface area contributed by atoms with Crippen molar-refractivity contribution in [3.8, 4) is 11.5 Å². The maximum Gasteiger partial charge on any atom is 0.257 e. The number of nitrogens with zero attached hydrogens (tertiary/aromatic N) is 4. The van der Waals surface area contributed by atoms with E-state index in [9.17, 15) is 0 Å². The summed E-state index contributed by atoms with van der Waals surface area (Å²) in [6.07, 6.45) is 4.48. The van der Waals surface area contributed by atoms with Gasteiger partial charge in [-0.2, -0.15) is 4.98 Å². The molecule has 0 fully saturated rings. The third-order valence-electron chi connectivity index (χ3n) is 4.28. The molecule has 0 radical (unpaired) electrons. The van der Waals surface area contributed by atoms with E-state index < -0.39 is 0 Å². The molecule has 0 spiro atoms. The highest BCUT2D eigenvalue weighted by Crippen LogP contribution is 2.19. The number of halogens is 1. The van der Waals surface area contributed by atoms with Gasteiger partial charge in [0.05, 0.1) is 6.54 Å². The van der Waals surface area contributed by atoms with Crippen molar-refractivity contribution in [3.05, 3.63) is 65.7 Å². The Labute approximate surface area is 194 Å². The van der Waals surface area contributed by atoms with E-state index >= 15 is 0 Å². The van der Waals surface area contributed by atoms with Crippen LogP contribution in [0.5, 0.6) is 0 Å². The molecule has 0 saturated carbocycles. The van der Waals surface area contributed by atoms with Gasteiger partial charge in [0, 0.05) is 43.4 Å². The summed E-state index contributed by atoms with van der Waals surface area (Å²) >= 11 is 0. The number of rotatable bonds is 9. The largest absolute Gasteiger partial charge is 0.357 e. The number of benzene rings is 1. The van der Waals surface area contributed by atoms with Gasteiger partial charge in [-0.05, 0) is 43.2 Å². The van der Waals surface area contributed by atoms with E-state index in [2.05, 4.69) is 39.6 Å². The summed E-state index contributed by atoms with van der Waals surface area (Å²) in [7, 11) is 0. The zero-order valence-corrected chi connectivity index (χ0v) is 19.8. The predicted octanol–water partition coefficient (Wildman–Crippen LogP) is 4.00.